The summed E-state index contributed by atoms with van der Waals surface area (Å²) in [6, 6.07) is 21.1. The molecule has 0 saturated carbocycles. The smallest absolute Gasteiger partial charge is 0.231 e. The molecule has 4 nitrogen and oxygen atoms in total. The first kappa shape index (κ1) is 18.8. The molecule has 0 aromatic heterocycles. The summed E-state index contributed by atoms with van der Waals surface area (Å²) in [4.78, 5) is 12.6. The number of rotatable bonds is 6. The SMILES string of the molecule is CCc1ccc(/C=C2\Oc3cc(OCc4ccccc4OC)ccc3C2=O)cc1. The van der Waals surface area contributed by atoms with Crippen LogP contribution in [-0.4, -0.2) is 12.9 Å². The van der Waals surface area contributed by atoms with Crippen molar-refractivity contribution in [2.75, 3.05) is 7.11 Å². The van der Waals surface area contributed by atoms with Crippen molar-refractivity contribution in [1.29, 1.82) is 0 Å². The van der Waals surface area contributed by atoms with Crippen LogP contribution >= 0.6 is 0 Å². The van der Waals surface area contributed by atoms with E-state index >= 15 is 0 Å². The quantitative estimate of drug-likeness (QED) is 0.528. The molecule has 0 N–H and O–H groups in total. The zero-order valence-corrected chi connectivity index (χ0v) is 16.5. The van der Waals surface area contributed by atoms with Gasteiger partial charge in [0.15, 0.2) is 5.76 Å². The van der Waals surface area contributed by atoms with Crippen LogP contribution in [0.5, 0.6) is 17.2 Å². The molecule has 0 unspecified atom stereocenters. The molecule has 0 radical (unpaired) electrons. The van der Waals surface area contributed by atoms with Gasteiger partial charge in [0.05, 0.1) is 12.7 Å². The van der Waals surface area contributed by atoms with Gasteiger partial charge in [-0.25, -0.2) is 0 Å². The molecule has 0 spiro atoms. The van der Waals surface area contributed by atoms with Crippen molar-refractivity contribution in [2.24, 2.45) is 0 Å². The molecule has 29 heavy (non-hydrogen) atoms. The van der Waals surface area contributed by atoms with Gasteiger partial charge >= 0.3 is 0 Å². The Morgan fingerprint density at radius 3 is 2.55 bits per heavy atom. The van der Waals surface area contributed by atoms with E-state index < -0.39 is 0 Å². The van der Waals surface area contributed by atoms with Crippen molar-refractivity contribution >= 4 is 11.9 Å². The second-order valence-corrected chi connectivity index (χ2v) is 6.79. The summed E-state index contributed by atoms with van der Waals surface area (Å²) in [6.45, 7) is 2.48. The first-order chi connectivity index (χ1) is 14.2. The number of hydrogen-bond acceptors (Lipinski definition) is 4. The number of benzene rings is 3. The number of fused-ring (bicyclic) bond motifs is 1. The fourth-order valence-corrected chi connectivity index (χ4v) is 3.24. The summed E-state index contributed by atoms with van der Waals surface area (Å²) < 4.78 is 17.1. The lowest BCUT2D eigenvalue weighted by Gasteiger charge is -2.10. The van der Waals surface area contributed by atoms with Crippen LogP contribution in [0.3, 0.4) is 0 Å². The van der Waals surface area contributed by atoms with E-state index in [4.69, 9.17) is 14.2 Å². The summed E-state index contributed by atoms with van der Waals surface area (Å²) >= 11 is 0. The highest BCUT2D eigenvalue weighted by atomic mass is 16.5. The summed E-state index contributed by atoms with van der Waals surface area (Å²) in [6.07, 6.45) is 2.76. The first-order valence-electron chi connectivity index (χ1n) is 9.60. The van der Waals surface area contributed by atoms with E-state index in [1.165, 1.54) is 5.56 Å². The Balaban J connectivity index is 1.50. The summed E-state index contributed by atoms with van der Waals surface area (Å²) in [5.74, 6) is 2.14. The maximum atomic E-state index is 12.6. The van der Waals surface area contributed by atoms with E-state index in [1.807, 2.05) is 36.4 Å². The van der Waals surface area contributed by atoms with Crippen LogP contribution in [0, 0.1) is 0 Å². The minimum absolute atomic E-state index is 0.115. The third kappa shape index (κ3) is 4.02. The number of hydrogen-bond donors (Lipinski definition) is 0. The molecule has 1 aliphatic heterocycles. The second kappa shape index (κ2) is 8.23. The number of carbonyl (C=O) groups is 1. The Hall–Kier alpha value is -3.53. The van der Waals surface area contributed by atoms with Gasteiger partial charge in [-0.05, 0) is 41.8 Å². The molecule has 0 bridgehead atoms. The highest BCUT2D eigenvalue weighted by Crippen LogP contribution is 2.35. The number of allylic oxidation sites excluding steroid dienone is 1. The lowest BCUT2D eigenvalue weighted by molar-refractivity contribution is 0.101. The molecule has 0 saturated heterocycles. The number of aryl methyl sites for hydroxylation is 1. The molecule has 0 aliphatic carbocycles. The number of methoxy groups -OCH3 is 1. The standard InChI is InChI=1S/C25H22O4/c1-3-17-8-10-18(11-9-17)14-24-25(26)21-13-12-20(15-23(21)29-24)28-16-19-6-4-5-7-22(19)27-2/h4-15H,3,16H2,1-2H3/b24-14-. The number of ketones is 1. The van der Waals surface area contributed by atoms with Gasteiger partial charge < -0.3 is 14.2 Å². The van der Waals surface area contributed by atoms with Crippen molar-refractivity contribution in [3.63, 3.8) is 0 Å². The van der Waals surface area contributed by atoms with Gasteiger partial charge in [-0.2, -0.15) is 0 Å². The van der Waals surface area contributed by atoms with E-state index in [-0.39, 0.29) is 5.78 Å². The Morgan fingerprint density at radius 1 is 1.00 bits per heavy atom. The van der Waals surface area contributed by atoms with Crippen molar-refractivity contribution in [3.05, 3.63) is 94.7 Å². The third-order valence-electron chi connectivity index (χ3n) is 4.91. The molecular weight excluding hydrogens is 364 g/mol. The van der Waals surface area contributed by atoms with Gasteiger partial charge in [0, 0.05) is 11.6 Å². The summed E-state index contributed by atoms with van der Waals surface area (Å²) in [5, 5.41) is 0. The monoisotopic (exact) mass is 386 g/mol. The first-order valence-corrected chi connectivity index (χ1v) is 9.60. The molecular formula is C25H22O4. The Labute approximate surface area is 170 Å². The maximum Gasteiger partial charge on any atom is 0.231 e. The van der Waals surface area contributed by atoms with E-state index in [0.717, 1.165) is 23.3 Å². The zero-order chi connectivity index (χ0) is 20.2. The maximum absolute atomic E-state index is 12.6. The van der Waals surface area contributed by atoms with Crippen LogP contribution in [0.1, 0.15) is 34.0 Å². The van der Waals surface area contributed by atoms with Crippen LogP contribution in [0.2, 0.25) is 0 Å². The van der Waals surface area contributed by atoms with Gasteiger partial charge in [-0.3, -0.25) is 4.79 Å². The average Bonchev–Trinajstić information content (AvgIpc) is 3.07. The lowest BCUT2D eigenvalue weighted by atomic mass is 10.1. The summed E-state index contributed by atoms with van der Waals surface area (Å²) in [7, 11) is 1.64. The Bertz CT molecular complexity index is 1060. The van der Waals surface area contributed by atoms with Crippen LogP contribution < -0.4 is 14.2 Å². The molecule has 3 aromatic carbocycles. The largest absolute Gasteiger partial charge is 0.496 e. The van der Waals surface area contributed by atoms with Crippen LogP contribution in [0.15, 0.2) is 72.5 Å². The Kier molecular flexibility index (Phi) is 5.34. The van der Waals surface area contributed by atoms with Gasteiger partial charge in [0.2, 0.25) is 5.78 Å². The van der Waals surface area contributed by atoms with Gasteiger partial charge in [0.1, 0.15) is 23.9 Å². The predicted molar refractivity (Wildman–Crippen MR) is 113 cm³/mol. The van der Waals surface area contributed by atoms with Crippen LogP contribution in [-0.2, 0) is 13.0 Å². The number of ether oxygens (including phenoxy) is 3. The fourth-order valence-electron chi connectivity index (χ4n) is 3.24. The molecule has 4 heteroatoms. The number of para-hydroxylation sites is 1. The number of Topliss-reactive ketones (excluding diaryl/α,β-unsaturated/α-hetero) is 1. The van der Waals surface area contributed by atoms with Crippen molar-refractivity contribution in [1.82, 2.24) is 0 Å². The van der Waals surface area contributed by atoms with E-state index in [1.54, 1.807) is 31.4 Å². The van der Waals surface area contributed by atoms with Crippen LogP contribution in [0.4, 0.5) is 0 Å². The van der Waals surface area contributed by atoms with Crippen LogP contribution in [0.25, 0.3) is 6.08 Å². The summed E-state index contributed by atoms with van der Waals surface area (Å²) in [5.41, 5.74) is 3.69. The predicted octanol–water partition coefficient (Wildman–Crippen LogP) is 5.45. The van der Waals surface area contributed by atoms with Crippen molar-refractivity contribution < 1.29 is 19.0 Å². The van der Waals surface area contributed by atoms with E-state index in [2.05, 4.69) is 19.1 Å². The molecule has 3 aromatic rings. The molecule has 0 atom stereocenters. The minimum atomic E-state index is -0.115. The number of carbonyl (C=O) groups excluding carboxylic acids is 1. The second-order valence-electron chi connectivity index (χ2n) is 6.79. The third-order valence-corrected chi connectivity index (χ3v) is 4.91. The molecule has 0 amide bonds. The van der Waals surface area contributed by atoms with Crippen molar-refractivity contribution in [2.45, 2.75) is 20.0 Å². The van der Waals surface area contributed by atoms with Gasteiger partial charge in [0.25, 0.3) is 0 Å². The molecule has 0 fully saturated rings. The van der Waals surface area contributed by atoms with E-state index in [9.17, 15) is 4.79 Å². The zero-order valence-electron chi connectivity index (χ0n) is 16.5. The lowest BCUT2D eigenvalue weighted by Crippen LogP contribution is -1.99. The molecule has 146 valence electrons. The molecule has 4 rings (SSSR count). The molecule has 1 heterocycles. The normalized spacial score (nSPS) is 13.9. The average molecular weight is 386 g/mol. The minimum Gasteiger partial charge on any atom is -0.496 e. The van der Waals surface area contributed by atoms with Gasteiger partial charge in [-0.15, -0.1) is 0 Å². The topological polar surface area (TPSA) is 44.8 Å². The highest BCUT2D eigenvalue weighted by molar-refractivity contribution is 6.14. The van der Waals surface area contributed by atoms with Gasteiger partial charge in [-0.1, -0.05) is 49.4 Å². The fraction of sp³-hybridized carbons (Fsp3) is 0.160. The molecule has 1 aliphatic rings. The Morgan fingerprint density at radius 2 is 1.79 bits per heavy atom. The highest BCUT2D eigenvalue weighted by Gasteiger charge is 2.27. The van der Waals surface area contributed by atoms with E-state index in [0.29, 0.717) is 29.4 Å². The van der Waals surface area contributed by atoms with Crippen molar-refractivity contribution in [3.8, 4) is 17.2 Å².